The first-order valence-corrected chi connectivity index (χ1v) is 11.1. The van der Waals surface area contributed by atoms with E-state index in [-0.39, 0.29) is 5.75 Å². The van der Waals surface area contributed by atoms with Crippen molar-refractivity contribution in [3.63, 3.8) is 0 Å². The molecule has 8 heteroatoms. The molecule has 0 aliphatic carbocycles. The quantitative estimate of drug-likeness (QED) is 0.152. The summed E-state index contributed by atoms with van der Waals surface area (Å²) >= 11 is 0. The van der Waals surface area contributed by atoms with Crippen LogP contribution in [0.2, 0.25) is 0 Å². The van der Waals surface area contributed by atoms with E-state index in [0.29, 0.717) is 17.0 Å². The summed E-state index contributed by atoms with van der Waals surface area (Å²) in [6, 6.07) is 28.0. The number of fused-ring (bicyclic) bond motifs is 1. The van der Waals surface area contributed by atoms with E-state index in [2.05, 4.69) is 5.32 Å². The third-order valence-electron chi connectivity index (χ3n) is 5.34. The molecule has 182 valence electrons. The molecule has 0 radical (unpaired) electrons. The van der Waals surface area contributed by atoms with Crippen molar-refractivity contribution in [1.82, 2.24) is 5.48 Å². The first kappa shape index (κ1) is 24.3. The summed E-state index contributed by atoms with van der Waals surface area (Å²) in [4.78, 5) is 24.8. The Kier molecular flexibility index (Phi) is 7.80. The standard InChI is InChI=1S/C28H24N2O6/c31-21-15-13-20(14-16-21)27(25(17-18-26(32)30-34)35-22-9-2-1-3-10-22)36-28(33)29-24-12-6-8-19-7-4-5-11-23(19)24/h1-18,25,27,31,34H,(H,29,33)(H,30,32)/b18-17+/t25-,27-/m0/s1. The highest BCUT2D eigenvalue weighted by Gasteiger charge is 2.28. The van der Waals surface area contributed by atoms with E-state index in [0.717, 1.165) is 16.8 Å². The summed E-state index contributed by atoms with van der Waals surface area (Å²) < 4.78 is 11.9. The molecule has 0 spiro atoms. The number of rotatable bonds is 8. The summed E-state index contributed by atoms with van der Waals surface area (Å²) in [6.45, 7) is 0. The number of ether oxygens (including phenoxy) is 2. The van der Waals surface area contributed by atoms with E-state index >= 15 is 0 Å². The van der Waals surface area contributed by atoms with Gasteiger partial charge in [-0.05, 0) is 47.4 Å². The van der Waals surface area contributed by atoms with Gasteiger partial charge in [0, 0.05) is 11.5 Å². The second kappa shape index (κ2) is 11.5. The van der Waals surface area contributed by atoms with Gasteiger partial charge in [-0.2, -0.15) is 0 Å². The lowest BCUT2D eigenvalue weighted by Gasteiger charge is -2.26. The van der Waals surface area contributed by atoms with Gasteiger partial charge in [-0.3, -0.25) is 15.3 Å². The molecule has 0 aliphatic heterocycles. The van der Waals surface area contributed by atoms with Crippen LogP contribution in [0, 0.1) is 0 Å². The molecule has 4 rings (SSSR count). The highest BCUT2D eigenvalue weighted by atomic mass is 16.6. The Labute approximate surface area is 207 Å². The number of carbonyl (C=O) groups excluding carboxylic acids is 2. The summed E-state index contributed by atoms with van der Waals surface area (Å²) in [6.07, 6.45) is -0.281. The number of phenolic OH excluding ortho intramolecular Hbond substituents is 1. The molecular formula is C28H24N2O6. The van der Waals surface area contributed by atoms with Gasteiger partial charge in [0.1, 0.15) is 11.5 Å². The third-order valence-corrected chi connectivity index (χ3v) is 5.34. The Bertz CT molecular complexity index is 1350. The van der Waals surface area contributed by atoms with Gasteiger partial charge in [0.25, 0.3) is 5.91 Å². The van der Waals surface area contributed by atoms with E-state index in [9.17, 15) is 14.7 Å². The first-order valence-electron chi connectivity index (χ1n) is 11.1. The molecule has 0 unspecified atom stereocenters. The smallest absolute Gasteiger partial charge is 0.412 e. The fourth-order valence-corrected chi connectivity index (χ4v) is 3.66. The molecule has 2 atom stereocenters. The minimum Gasteiger partial charge on any atom is -0.508 e. The molecule has 2 amide bonds. The fourth-order valence-electron chi connectivity index (χ4n) is 3.66. The fraction of sp³-hybridized carbons (Fsp3) is 0.0714. The molecule has 8 nitrogen and oxygen atoms in total. The van der Waals surface area contributed by atoms with Crippen LogP contribution in [0.5, 0.6) is 11.5 Å². The number of para-hydroxylation sites is 1. The SMILES string of the molecule is O=C(/C=C/[C@H](Oc1ccccc1)[C@@H](OC(=O)Nc1cccc2ccccc12)c1ccc(O)cc1)NO. The zero-order valence-electron chi connectivity index (χ0n) is 19.1. The summed E-state index contributed by atoms with van der Waals surface area (Å²) in [5.41, 5.74) is 2.60. The minimum atomic E-state index is -1.02. The number of hydrogen-bond donors (Lipinski definition) is 4. The second-order valence-corrected chi connectivity index (χ2v) is 7.80. The number of hydroxylamine groups is 1. The molecule has 4 aromatic carbocycles. The van der Waals surface area contributed by atoms with Gasteiger partial charge in [0.15, 0.2) is 12.2 Å². The molecule has 4 aromatic rings. The summed E-state index contributed by atoms with van der Waals surface area (Å²) in [5.74, 6) is -0.270. The molecule has 36 heavy (non-hydrogen) atoms. The monoisotopic (exact) mass is 484 g/mol. The van der Waals surface area contributed by atoms with Crippen molar-refractivity contribution in [1.29, 1.82) is 0 Å². The zero-order chi connectivity index (χ0) is 25.3. The third kappa shape index (κ3) is 6.19. The van der Waals surface area contributed by atoms with E-state index in [1.165, 1.54) is 23.7 Å². The summed E-state index contributed by atoms with van der Waals surface area (Å²) in [7, 11) is 0. The molecule has 0 saturated heterocycles. The van der Waals surface area contributed by atoms with Crippen LogP contribution in [0.25, 0.3) is 10.8 Å². The topological polar surface area (TPSA) is 117 Å². The van der Waals surface area contributed by atoms with E-state index < -0.39 is 24.2 Å². The van der Waals surface area contributed by atoms with Crippen LogP contribution in [-0.2, 0) is 9.53 Å². The van der Waals surface area contributed by atoms with Crippen LogP contribution >= 0.6 is 0 Å². The molecule has 4 N–H and O–H groups in total. The Morgan fingerprint density at radius 2 is 1.53 bits per heavy atom. The van der Waals surface area contributed by atoms with Crippen molar-refractivity contribution < 1.29 is 29.4 Å². The molecular weight excluding hydrogens is 460 g/mol. The van der Waals surface area contributed by atoms with Crippen molar-refractivity contribution in [3.05, 3.63) is 115 Å². The van der Waals surface area contributed by atoms with Gasteiger partial charge in [-0.15, -0.1) is 0 Å². The minimum absolute atomic E-state index is 0.0356. The van der Waals surface area contributed by atoms with Gasteiger partial charge in [-0.1, -0.05) is 66.7 Å². The van der Waals surface area contributed by atoms with Crippen molar-refractivity contribution in [2.24, 2.45) is 0 Å². The van der Waals surface area contributed by atoms with Crippen LogP contribution in [0.15, 0.2) is 109 Å². The molecule has 0 heterocycles. The highest BCUT2D eigenvalue weighted by molar-refractivity contribution is 6.00. The van der Waals surface area contributed by atoms with Crippen LogP contribution in [0.3, 0.4) is 0 Å². The lowest BCUT2D eigenvalue weighted by atomic mass is 10.0. The zero-order valence-corrected chi connectivity index (χ0v) is 19.1. The van der Waals surface area contributed by atoms with Gasteiger partial charge < -0.3 is 14.6 Å². The average molecular weight is 485 g/mol. The number of anilines is 1. The summed E-state index contributed by atoms with van der Waals surface area (Å²) in [5, 5.41) is 23.2. The molecule has 0 fully saturated rings. The Morgan fingerprint density at radius 1 is 0.833 bits per heavy atom. The van der Waals surface area contributed by atoms with Crippen LogP contribution in [0.4, 0.5) is 10.5 Å². The number of nitrogens with one attached hydrogen (secondary N) is 2. The molecule has 0 aliphatic rings. The molecule has 0 bridgehead atoms. The Hall–Kier alpha value is -4.82. The molecule has 0 saturated carbocycles. The lowest BCUT2D eigenvalue weighted by Crippen LogP contribution is -2.30. The van der Waals surface area contributed by atoms with Crippen molar-refractivity contribution in [2.75, 3.05) is 5.32 Å². The largest absolute Gasteiger partial charge is 0.508 e. The molecule has 0 aromatic heterocycles. The van der Waals surface area contributed by atoms with Crippen LogP contribution < -0.4 is 15.5 Å². The van der Waals surface area contributed by atoms with Gasteiger partial charge in [0.05, 0.1) is 5.69 Å². The van der Waals surface area contributed by atoms with E-state index in [4.69, 9.17) is 14.7 Å². The maximum atomic E-state index is 13.1. The average Bonchev–Trinajstić information content (AvgIpc) is 2.91. The maximum Gasteiger partial charge on any atom is 0.412 e. The predicted octanol–water partition coefficient (Wildman–Crippen LogP) is 5.34. The Balaban J connectivity index is 1.66. The van der Waals surface area contributed by atoms with Crippen molar-refractivity contribution in [3.8, 4) is 11.5 Å². The number of aromatic hydroxyl groups is 1. The second-order valence-electron chi connectivity index (χ2n) is 7.80. The van der Waals surface area contributed by atoms with Gasteiger partial charge in [-0.25, -0.2) is 10.3 Å². The normalized spacial score (nSPS) is 12.6. The van der Waals surface area contributed by atoms with Crippen molar-refractivity contribution in [2.45, 2.75) is 12.2 Å². The highest BCUT2D eigenvalue weighted by Crippen LogP contribution is 2.29. The number of amides is 2. The van der Waals surface area contributed by atoms with Crippen LogP contribution in [-0.4, -0.2) is 28.4 Å². The first-order chi connectivity index (χ1) is 17.5. The Morgan fingerprint density at radius 3 is 2.28 bits per heavy atom. The van der Waals surface area contributed by atoms with E-state index in [1.807, 2.05) is 42.5 Å². The maximum absolute atomic E-state index is 13.1. The number of carbonyl (C=O) groups is 2. The lowest BCUT2D eigenvalue weighted by molar-refractivity contribution is -0.124. The van der Waals surface area contributed by atoms with Crippen molar-refractivity contribution >= 4 is 28.5 Å². The van der Waals surface area contributed by atoms with Crippen LogP contribution in [0.1, 0.15) is 11.7 Å². The predicted molar refractivity (Wildman–Crippen MR) is 135 cm³/mol. The van der Waals surface area contributed by atoms with Gasteiger partial charge >= 0.3 is 6.09 Å². The van der Waals surface area contributed by atoms with E-state index in [1.54, 1.807) is 42.5 Å². The van der Waals surface area contributed by atoms with Gasteiger partial charge in [0.2, 0.25) is 0 Å². The number of phenols is 1. The number of benzene rings is 4. The number of hydrogen-bond acceptors (Lipinski definition) is 6.